The van der Waals surface area contributed by atoms with Gasteiger partial charge in [0, 0.05) is 0 Å². The molecule has 0 fully saturated rings. The van der Waals surface area contributed by atoms with Crippen molar-refractivity contribution < 1.29 is 12.8 Å². The van der Waals surface area contributed by atoms with Gasteiger partial charge in [-0.15, -0.1) is 35.9 Å². The fourth-order valence-electron chi connectivity index (χ4n) is 1.19. The molecule has 0 aliphatic heterocycles. The van der Waals surface area contributed by atoms with Gasteiger partial charge in [0.05, 0.1) is 0 Å². The number of hydrogen-bond donors (Lipinski definition) is 0. The zero-order valence-electron chi connectivity index (χ0n) is 8.72. The summed E-state index contributed by atoms with van der Waals surface area (Å²) in [6, 6.07) is 21.5. The van der Waals surface area contributed by atoms with Crippen molar-refractivity contribution in [3.63, 3.8) is 0 Å². The number of rotatable bonds is 1. The van der Waals surface area contributed by atoms with Crippen LogP contribution in [0.1, 0.15) is 0 Å². The van der Waals surface area contributed by atoms with Crippen LogP contribution >= 0.6 is 20.3 Å². The van der Waals surface area contributed by atoms with E-state index in [1.54, 1.807) is 20.3 Å². The standard InChI is InChI=1S/C12H9.Cu.HI.N3/c1-3-7-11(8-4-1)12-9-5-2-6-10-12;;;1-3-2/h1-9H;;1H;/q-1;+1;;-1/p-1. The Morgan fingerprint density at radius 1 is 0.941 bits per heavy atom. The van der Waals surface area contributed by atoms with Gasteiger partial charge in [0.2, 0.25) is 0 Å². The van der Waals surface area contributed by atoms with Gasteiger partial charge in [-0.05, 0) is 0 Å². The van der Waals surface area contributed by atoms with Crippen LogP contribution in [-0.4, -0.2) is 0 Å². The predicted molar refractivity (Wildman–Crippen MR) is 74.8 cm³/mol. The molecule has 92 valence electrons. The van der Waals surface area contributed by atoms with Crippen molar-refractivity contribution in [2.75, 3.05) is 0 Å². The number of halogens is 1. The summed E-state index contributed by atoms with van der Waals surface area (Å²) in [5.74, 6) is 0. The monoisotopic (exact) mass is 385 g/mol. The molecule has 5 heteroatoms. The molecule has 0 aromatic heterocycles. The van der Waals surface area contributed by atoms with Crippen LogP contribution in [0.25, 0.3) is 27.1 Å². The Bertz CT molecular complexity index is 391. The van der Waals surface area contributed by atoms with Crippen LogP contribution in [-0.2, 0) is 12.8 Å². The maximum atomic E-state index is 6.75. The minimum Gasteiger partial charge on any atom is -0.373 e. The molecule has 0 heterocycles. The summed E-state index contributed by atoms with van der Waals surface area (Å²) in [7, 11) is 0. The topological polar surface area (TPSA) is 58.7 Å². The average molecular weight is 386 g/mol. The fourth-order valence-corrected chi connectivity index (χ4v) is 1.19. The van der Waals surface area contributed by atoms with Gasteiger partial charge in [0.1, 0.15) is 0 Å². The maximum Gasteiger partial charge on any atom is -0.0638 e. The van der Waals surface area contributed by atoms with Crippen LogP contribution in [0.2, 0.25) is 0 Å². The predicted octanol–water partition coefficient (Wildman–Crippen LogP) is 4.90. The van der Waals surface area contributed by atoms with Crippen molar-refractivity contribution >= 4 is 20.3 Å². The van der Waals surface area contributed by atoms with Gasteiger partial charge >= 0.3 is 33.1 Å². The summed E-state index contributed by atoms with van der Waals surface area (Å²) >= 11 is 5.87. The van der Waals surface area contributed by atoms with E-state index in [4.69, 9.17) is 11.1 Å². The Kier molecular flexibility index (Phi) is 10.8. The van der Waals surface area contributed by atoms with Crippen LogP contribution in [0.5, 0.6) is 0 Å². The Labute approximate surface area is 120 Å². The van der Waals surface area contributed by atoms with E-state index in [1.165, 1.54) is 10.5 Å². The van der Waals surface area contributed by atoms with Crippen LogP contribution < -0.4 is 0 Å². The van der Waals surface area contributed by atoms with Gasteiger partial charge in [-0.1, -0.05) is 35.9 Å². The molecular formula is C12H9CuIN3-2. The molecular weight excluding hydrogens is 377 g/mol. The summed E-state index contributed by atoms with van der Waals surface area (Å²) in [5.41, 5.74) is 15.9. The molecule has 0 saturated heterocycles. The summed E-state index contributed by atoms with van der Waals surface area (Å²) < 4.78 is 0. The van der Waals surface area contributed by atoms with E-state index >= 15 is 0 Å². The van der Waals surface area contributed by atoms with Crippen LogP contribution in [0.4, 0.5) is 0 Å². The van der Waals surface area contributed by atoms with Crippen molar-refractivity contribution in [3.8, 4) is 11.1 Å². The van der Waals surface area contributed by atoms with Gasteiger partial charge in [-0.2, -0.15) is 0 Å². The van der Waals surface area contributed by atoms with E-state index in [0.29, 0.717) is 0 Å². The largest absolute Gasteiger partial charge is 0.373 e. The second-order valence-corrected chi connectivity index (χ2v) is 2.73. The number of hydrogen-bond acceptors (Lipinski definition) is 0. The molecule has 2 rings (SSSR count). The average Bonchev–Trinajstić information content (AvgIpc) is 2.44. The van der Waals surface area contributed by atoms with Gasteiger partial charge in [-0.25, -0.2) is 0 Å². The molecule has 0 unspecified atom stereocenters. The maximum absolute atomic E-state index is 6.75. The summed E-state index contributed by atoms with van der Waals surface area (Å²) in [5, 5.41) is 0. The third-order valence-corrected chi connectivity index (χ3v) is 1.79. The Morgan fingerprint density at radius 2 is 1.47 bits per heavy atom. The molecule has 0 atom stereocenters. The Morgan fingerprint density at radius 3 is 1.94 bits per heavy atom. The normalized spacial score (nSPS) is 7.71. The van der Waals surface area contributed by atoms with Crippen molar-refractivity contribution in [1.29, 1.82) is 0 Å². The summed E-state index contributed by atoms with van der Waals surface area (Å²) in [6.45, 7) is 0. The molecule has 0 spiro atoms. The van der Waals surface area contributed by atoms with E-state index in [1.807, 2.05) is 36.4 Å². The van der Waals surface area contributed by atoms with Gasteiger partial charge in [0.25, 0.3) is 0 Å². The third-order valence-electron chi connectivity index (χ3n) is 1.79. The van der Waals surface area contributed by atoms with E-state index < -0.39 is 0 Å². The molecule has 0 aliphatic rings. The summed E-state index contributed by atoms with van der Waals surface area (Å²) in [6.07, 6.45) is 0. The minimum absolute atomic E-state index is 1.15. The molecule has 3 nitrogen and oxygen atoms in total. The van der Waals surface area contributed by atoms with Crippen LogP contribution in [0, 0.1) is 6.07 Å². The van der Waals surface area contributed by atoms with Gasteiger partial charge < -0.3 is 11.1 Å². The molecule has 2 aromatic carbocycles. The van der Waals surface area contributed by atoms with Crippen LogP contribution in [0.15, 0.2) is 54.6 Å². The van der Waals surface area contributed by atoms with Gasteiger partial charge in [-0.3, -0.25) is 4.91 Å². The number of nitrogens with zero attached hydrogens (tertiary/aromatic N) is 3. The summed E-state index contributed by atoms with van der Waals surface area (Å²) in [4.78, 5) is 1.50. The van der Waals surface area contributed by atoms with Gasteiger partial charge in [0.15, 0.2) is 0 Å². The fraction of sp³-hybridized carbons (Fsp3) is 0. The van der Waals surface area contributed by atoms with Crippen molar-refractivity contribution in [3.05, 3.63) is 76.6 Å². The molecule has 0 radical (unpaired) electrons. The Hall–Kier alpha value is -1.00. The molecule has 0 bridgehead atoms. The molecule has 2 aromatic rings. The molecule has 0 amide bonds. The first kappa shape index (κ1) is 16.0. The van der Waals surface area contributed by atoms with Crippen molar-refractivity contribution in [2.45, 2.75) is 0 Å². The number of benzene rings is 2. The SMILES string of the molecule is [Cu][I].[N-]=[N+]=[N-].[c-]1ccccc1-c1ccccc1. The first-order valence-electron chi connectivity index (χ1n) is 4.50. The minimum atomic E-state index is 1.15. The second-order valence-electron chi connectivity index (χ2n) is 2.73. The van der Waals surface area contributed by atoms with Crippen molar-refractivity contribution in [2.24, 2.45) is 0 Å². The zero-order valence-corrected chi connectivity index (χ0v) is 11.8. The zero-order chi connectivity index (χ0) is 12.9. The molecule has 17 heavy (non-hydrogen) atoms. The molecule has 0 saturated carbocycles. The van der Waals surface area contributed by atoms with E-state index in [9.17, 15) is 0 Å². The van der Waals surface area contributed by atoms with Crippen LogP contribution in [0.3, 0.4) is 0 Å². The first-order chi connectivity index (χ1) is 8.38. The van der Waals surface area contributed by atoms with Crippen molar-refractivity contribution in [1.82, 2.24) is 0 Å². The molecule has 0 N–H and O–H groups in total. The van der Waals surface area contributed by atoms with E-state index in [0.717, 1.165) is 5.56 Å². The quantitative estimate of drug-likeness (QED) is 0.167. The van der Waals surface area contributed by atoms with E-state index in [-0.39, 0.29) is 0 Å². The molecule has 0 aliphatic carbocycles. The third kappa shape index (κ3) is 7.02. The van der Waals surface area contributed by atoms with E-state index in [2.05, 4.69) is 37.0 Å². The Balaban J connectivity index is 0.000000450. The second kappa shape index (κ2) is 11.5. The first-order valence-corrected chi connectivity index (χ1v) is 7.54. The smallest absolute Gasteiger partial charge is 0.0638 e.